The predicted molar refractivity (Wildman–Crippen MR) is 67.6 cm³/mol. The molecule has 3 nitrogen and oxygen atoms in total. The summed E-state index contributed by atoms with van der Waals surface area (Å²) in [5.74, 6) is 1.03. The molecule has 94 valence electrons. The van der Waals surface area contributed by atoms with Crippen LogP contribution in [0.4, 0.5) is 0 Å². The summed E-state index contributed by atoms with van der Waals surface area (Å²) in [5.41, 5.74) is 0. The molecule has 1 saturated carbocycles. The first-order chi connectivity index (χ1) is 7.50. The van der Waals surface area contributed by atoms with Gasteiger partial charge in [-0.2, -0.15) is 0 Å². The molecule has 0 aromatic rings. The number of carbonyl (C=O) groups excluding carboxylic acids is 1. The van der Waals surface area contributed by atoms with Crippen LogP contribution in [-0.2, 0) is 4.79 Å². The zero-order chi connectivity index (χ0) is 12.1. The second-order valence-electron chi connectivity index (χ2n) is 5.61. The highest BCUT2D eigenvalue weighted by atomic mass is 16.1. The second-order valence-corrected chi connectivity index (χ2v) is 5.61. The topological polar surface area (TPSA) is 23.6 Å². The van der Waals surface area contributed by atoms with Gasteiger partial charge in [0.15, 0.2) is 0 Å². The average Bonchev–Trinajstić information content (AvgIpc) is 2.31. The Morgan fingerprint density at radius 3 is 1.62 bits per heavy atom. The third-order valence-electron chi connectivity index (χ3n) is 3.33. The van der Waals surface area contributed by atoms with E-state index in [1.54, 1.807) is 0 Å². The number of carbonyl (C=O) groups is 1. The Kier molecular flexibility index (Phi) is 5.42. The first kappa shape index (κ1) is 13.7. The molecular weight excluding hydrogens is 200 g/mol. The number of nitrogens with zero attached hydrogens (tertiary/aromatic N) is 2. The zero-order valence-electron chi connectivity index (χ0n) is 11.2. The molecule has 1 rings (SSSR count). The van der Waals surface area contributed by atoms with Crippen molar-refractivity contribution in [3.05, 3.63) is 0 Å². The van der Waals surface area contributed by atoms with Crippen molar-refractivity contribution < 1.29 is 4.79 Å². The van der Waals surface area contributed by atoms with Crippen molar-refractivity contribution in [2.24, 2.45) is 11.8 Å². The van der Waals surface area contributed by atoms with Gasteiger partial charge in [0.25, 0.3) is 0 Å². The number of ketones is 1. The summed E-state index contributed by atoms with van der Waals surface area (Å²) in [7, 11) is 8.22. The van der Waals surface area contributed by atoms with E-state index in [-0.39, 0.29) is 11.8 Å². The van der Waals surface area contributed by atoms with Crippen LogP contribution in [0.5, 0.6) is 0 Å². The third kappa shape index (κ3) is 4.22. The largest absolute Gasteiger partial charge is 0.309 e. The lowest BCUT2D eigenvalue weighted by molar-refractivity contribution is -0.127. The van der Waals surface area contributed by atoms with Crippen molar-refractivity contribution in [1.29, 1.82) is 0 Å². The van der Waals surface area contributed by atoms with E-state index in [2.05, 4.69) is 38.0 Å². The summed E-state index contributed by atoms with van der Waals surface area (Å²) in [6, 6.07) is 0. The summed E-state index contributed by atoms with van der Waals surface area (Å²) in [4.78, 5) is 16.6. The molecule has 1 aliphatic rings. The van der Waals surface area contributed by atoms with E-state index in [9.17, 15) is 4.79 Å². The monoisotopic (exact) mass is 226 g/mol. The molecule has 16 heavy (non-hydrogen) atoms. The van der Waals surface area contributed by atoms with Crippen LogP contribution < -0.4 is 0 Å². The molecule has 0 spiro atoms. The van der Waals surface area contributed by atoms with Gasteiger partial charge < -0.3 is 9.80 Å². The average molecular weight is 226 g/mol. The van der Waals surface area contributed by atoms with Gasteiger partial charge in [-0.3, -0.25) is 4.79 Å². The van der Waals surface area contributed by atoms with Gasteiger partial charge in [0, 0.05) is 24.9 Å². The SMILES string of the molecule is CN(C)C[C@H]1CCCC[C@@H](CN(C)C)C1=O. The molecule has 0 saturated heterocycles. The number of hydrogen-bond donors (Lipinski definition) is 0. The first-order valence-electron chi connectivity index (χ1n) is 6.34. The molecule has 2 atom stereocenters. The molecule has 0 unspecified atom stereocenters. The normalized spacial score (nSPS) is 27.5. The minimum Gasteiger partial charge on any atom is -0.309 e. The Balaban J connectivity index is 2.61. The van der Waals surface area contributed by atoms with Gasteiger partial charge in [-0.15, -0.1) is 0 Å². The Labute approximate surface area is 99.8 Å². The Bertz CT molecular complexity index is 204. The van der Waals surface area contributed by atoms with Gasteiger partial charge in [-0.05, 0) is 41.0 Å². The molecule has 0 aliphatic heterocycles. The van der Waals surface area contributed by atoms with E-state index in [1.807, 2.05) is 0 Å². The quantitative estimate of drug-likeness (QED) is 0.679. The van der Waals surface area contributed by atoms with Crippen LogP contribution in [0, 0.1) is 11.8 Å². The molecule has 0 bridgehead atoms. The van der Waals surface area contributed by atoms with E-state index in [0.29, 0.717) is 5.78 Å². The van der Waals surface area contributed by atoms with Crippen molar-refractivity contribution >= 4 is 5.78 Å². The van der Waals surface area contributed by atoms with Crippen LogP contribution in [0.1, 0.15) is 25.7 Å². The van der Waals surface area contributed by atoms with E-state index < -0.39 is 0 Å². The van der Waals surface area contributed by atoms with Gasteiger partial charge in [-0.25, -0.2) is 0 Å². The summed E-state index contributed by atoms with van der Waals surface area (Å²) in [6.45, 7) is 1.84. The maximum absolute atomic E-state index is 12.4. The van der Waals surface area contributed by atoms with Crippen LogP contribution in [0.2, 0.25) is 0 Å². The predicted octanol–water partition coefficient (Wildman–Crippen LogP) is 1.49. The Morgan fingerprint density at radius 1 is 0.938 bits per heavy atom. The maximum atomic E-state index is 12.4. The Hall–Kier alpha value is -0.410. The second kappa shape index (κ2) is 6.36. The van der Waals surface area contributed by atoms with Crippen molar-refractivity contribution in [1.82, 2.24) is 9.80 Å². The van der Waals surface area contributed by atoms with E-state index in [0.717, 1.165) is 25.9 Å². The molecule has 3 heteroatoms. The lowest BCUT2D eigenvalue weighted by atomic mass is 9.91. The molecule has 0 aromatic heterocycles. The van der Waals surface area contributed by atoms with Gasteiger partial charge in [0.05, 0.1) is 0 Å². The van der Waals surface area contributed by atoms with E-state index in [1.165, 1.54) is 12.8 Å². The van der Waals surface area contributed by atoms with Crippen molar-refractivity contribution in [2.45, 2.75) is 25.7 Å². The first-order valence-corrected chi connectivity index (χ1v) is 6.34. The van der Waals surface area contributed by atoms with Gasteiger partial charge in [0.1, 0.15) is 5.78 Å². The molecule has 0 N–H and O–H groups in total. The zero-order valence-corrected chi connectivity index (χ0v) is 11.2. The molecule has 0 radical (unpaired) electrons. The van der Waals surface area contributed by atoms with Crippen LogP contribution in [-0.4, -0.2) is 56.9 Å². The lowest BCUT2D eigenvalue weighted by Gasteiger charge is -2.23. The minimum absolute atomic E-state index is 0.266. The number of Topliss-reactive ketones (excluding diaryl/α,β-unsaturated/α-hetero) is 1. The summed E-state index contributed by atoms with van der Waals surface area (Å²) in [5, 5.41) is 0. The fourth-order valence-electron chi connectivity index (χ4n) is 2.64. The smallest absolute Gasteiger partial charge is 0.141 e. The highest BCUT2D eigenvalue weighted by Gasteiger charge is 2.29. The minimum atomic E-state index is 0.266. The van der Waals surface area contributed by atoms with E-state index in [4.69, 9.17) is 0 Å². The fourth-order valence-corrected chi connectivity index (χ4v) is 2.64. The van der Waals surface area contributed by atoms with Crippen molar-refractivity contribution in [3.8, 4) is 0 Å². The van der Waals surface area contributed by atoms with Crippen LogP contribution in [0.25, 0.3) is 0 Å². The maximum Gasteiger partial charge on any atom is 0.141 e. The number of hydrogen-bond acceptors (Lipinski definition) is 3. The van der Waals surface area contributed by atoms with Crippen molar-refractivity contribution in [2.75, 3.05) is 41.3 Å². The highest BCUT2D eigenvalue weighted by Crippen LogP contribution is 2.25. The van der Waals surface area contributed by atoms with Gasteiger partial charge in [-0.1, -0.05) is 12.8 Å². The molecule has 1 fully saturated rings. The molecule has 1 aliphatic carbocycles. The molecule has 0 aromatic carbocycles. The summed E-state index contributed by atoms with van der Waals surface area (Å²) in [6.07, 6.45) is 4.60. The molecular formula is C13H26N2O. The third-order valence-corrected chi connectivity index (χ3v) is 3.33. The fraction of sp³-hybridized carbons (Fsp3) is 0.923. The Morgan fingerprint density at radius 2 is 1.31 bits per heavy atom. The summed E-state index contributed by atoms with van der Waals surface area (Å²) < 4.78 is 0. The van der Waals surface area contributed by atoms with Crippen LogP contribution in [0.3, 0.4) is 0 Å². The van der Waals surface area contributed by atoms with Gasteiger partial charge in [0.2, 0.25) is 0 Å². The standard InChI is InChI=1S/C13H26N2O/c1-14(2)9-11-7-5-6-8-12(13(11)16)10-15(3)4/h11-12H,5-10H2,1-4H3/t11-,12+. The van der Waals surface area contributed by atoms with Crippen molar-refractivity contribution in [3.63, 3.8) is 0 Å². The number of rotatable bonds is 4. The van der Waals surface area contributed by atoms with E-state index >= 15 is 0 Å². The van der Waals surface area contributed by atoms with Crippen LogP contribution in [0.15, 0.2) is 0 Å². The lowest BCUT2D eigenvalue weighted by Crippen LogP contribution is -2.35. The highest BCUT2D eigenvalue weighted by molar-refractivity contribution is 5.84. The molecule has 0 amide bonds. The summed E-state index contributed by atoms with van der Waals surface area (Å²) >= 11 is 0. The van der Waals surface area contributed by atoms with Crippen LogP contribution >= 0.6 is 0 Å². The van der Waals surface area contributed by atoms with Gasteiger partial charge >= 0.3 is 0 Å². The molecule has 0 heterocycles.